The molecule has 1 unspecified atom stereocenters. The summed E-state index contributed by atoms with van der Waals surface area (Å²) in [7, 11) is 1.34. The lowest BCUT2D eigenvalue weighted by Gasteiger charge is -2.12. The Morgan fingerprint density at radius 2 is 1.96 bits per heavy atom. The van der Waals surface area contributed by atoms with Gasteiger partial charge in [0.25, 0.3) is 0 Å². The molecule has 124 valence electrons. The van der Waals surface area contributed by atoms with Gasteiger partial charge in [0.15, 0.2) is 5.82 Å². The highest BCUT2D eigenvalue weighted by molar-refractivity contribution is 5.66. The fourth-order valence-corrected chi connectivity index (χ4v) is 1.93. The molecule has 0 spiro atoms. The van der Waals surface area contributed by atoms with Crippen molar-refractivity contribution in [1.29, 1.82) is 0 Å². The van der Waals surface area contributed by atoms with E-state index >= 15 is 0 Å². The van der Waals surface area contributed by atoms with Gasteiger partial charge >= 0.3 is 6.09 Å². The highest BCUT2D eigenvalue weighted by atomic mass is 16.5. The number of rotatable bonds is 6. The maximum atomic E-state index is 11.0. The predicted octanol–water partition coefficient (Wildman–Crippen LogP) is 3.22. The van der Waals surface area contributed by atoms with Crippen molar-refractivity contribution in [1.82, 2.24) is 15.5 Å². The van der Waals surface area contributed by atoms with E-state index in [0.29, 0.717) is 18.3 Å². The minimum atomic E-state index is -0.446. The minimum Gasteiger partial charge on any atom is -0.453 e. The summed E-state index contributed by atoms with van der Waals surface area (Å²) >= 11 is 0. The van der Waals surface area contributed by atoms with Gasteiger partial charge in [-0.25, -0.2) is 4.79 Å². The van der Waals surface area contributed by atoms with Gasteiger partial charge in [0, 0.05) is 18.2 Å². The molecule has 2 aromatic rings. The first-order valence-corrected chi connectivity index (χ1v) is 7.50. The van der Waals surface area contributed by atoms with Crippen LogP contribution in [0.4, 0.5) is 10.5 Å². The maximum Gasteiger partial charge on any atom is 0.407 e. The molecule has 1 atom stereocenters. The highest BCUT2D eigenvalue weighted by Crippen LogP contribution is 2.20. The summed E-state index contributed by atoms with van der Waals surface area (Å²) in [6.07, 6.45) is -0.446. The molecule has 0 saturated carbocycles. The number of hydrogen-bond acceptors (Lipinski definition) is 6. The molecule has 0 aliphatic heterocycles. The van der Waals surface area contributed by atoms with Gasteiger partial charge in [-0.1, -0.05) is 31.1 Å². The average molecular weight is 318 g/mol. The Balaban J connectivity index is 1.93. The van der Waals surface area contributed by atoms with Crippen molar-refractivity contribution in [2.45, 2.75) is 39.3 Å². The summed E-state index contributed by atoms with van der Waals surface area (Å²) in [4.78, 5) is 15.4. The largest absolute Gasteiger partial charge is 0.453 e. The molecule has 0 aliphatic carbocycles. The van der Waals surface area contributed by atoms with Crippen LogP contribution >= 0.6 is 0 Å². The first-order valence-electron chi connectivity index (χ1n) is 7.50. The van der Waals surface area contributed by atoms with Crippen molar-refractivity contribution < 1.29 is 14.1 Å². The Labute approximate surface area is 135 Å². The number of nitrogens with one attached hydrogen (secondary N) is 2. The van der Waals surface area contributed by atoms with Crippen molar-refractivity contribution in [3.8, 4) is 0 Å². The first kappa shape index (κ1) is 16.8. The van der Waals surface area contributed by atoms with Crippen LogP contribution in [0.1, 0.15) is 50.0 Å². The summed E-state index contributed by atoms with van der Waals surface area (Å²) in [5.74, 6) is 1.50. The molecule has 0 radical (unpaired) electrons. The van der Waals surface area contributed by atoms with Crippen molar-refractivity contribution >= 4 is 11.8 Å². The molecule has 1 heterocycles. The maximum absolute atomic E-state index is 11.0. The fourth-order valence-electron chi connectivity index (χ4n) is 1.93. The fraction of sp³-hybridized carbons (Fsp3) is 0.438. The number of methoxy groups -OCH3 is 1. The number of amides is 1. The number of aromatic nitrogens is 2. The SMILES string of the molecule is COC(=O)NCc1ccc(NC(C)c2nc(C(C)C)no2)cc1. The van der Waals surface area contributed by atoms with Crippen LogP contribution in [-0.4, -0.2) is 23.3 Å². The van der Waals surface area contributed by atoms with E-state index < -0.39 is 6.09 Å². The van der Waals surface area contributed by atoms with Gasteiger partial charge in [-0.2, -0.15) is 4.98 Å². The molecule has 0 fully saturated rings. The standard InChI is InChI=1S/C16H22N4O3/c1-10(2)14-19-15(23-20-14)11(3)18-13-7-5-12(6-8-13)9-17-16(21)22-4/h5-8,10-11,18H,9H2,1-4H3,(H,17,21). The third kappa shape index (κ3) is 4.70. The number of carbonyl (C=O) groups excluding carboxylic acids is 1. The van der Waals surface area contributed by atoms with E-state index in [4.69, 9.17) is 4.52 Å². The van der Waals surface area contributed by atoms with E-state index in [2.05, 4.69) is 25.5 Å². The number of hydrogen-bond donors (Lipinski definition) is 2. The van der Waals surface area contributed by atoms with Gasteiger partial charge in [-0.3, -0.25) is 0 Å². The zero-order chi connectivity index (χ0) is 16.8. The van der Waals surface area contributed by atoms with Crippen LogP contribution in [-0.2, 0) is 11.3 Å². The van der Waals surface area contributed by atoms with Gasteiger partial charge in [0.1, 0.15) is 6.04 Å². The molecule has 1 amide bonds. The van der Waals surface area contributed by atoms with Gasteiger partial charge < -0.3 is 19.9 Å². The average Bonchev–Trinajstić information content (AvgIpc) is 3.04. The second-order valence-corrected chi connectivity index (χ2v) is 5.55. The van der Waals surface area contributed by atoms with Crippen LogP contribution in [0.3, 0.4) is 0 Å². The van der Waals surface area contributed by atoms with Crippen LogP contribution in [0.2, 0.25) is 0 Å². The van der Waals surface area contributed by atoms with Crippen LogP contribution in [0.5, 0.6) is 0 Å². The van der Waals surface area contributed by atoms with E-state index in [0.717, 1.165) is 11.3 Å². The molecule has 2 rings (SSSR count). The van der Waals surface area contributed by atoms with Crippen molar-refractivity contribution in [3.63, 3.8) is 0 Å². The molecule has 7 nitrogen and oxygen atoms in total. The molecule has 1 aromatic carbocycles. The molecular formula is C16H22N4O3. The zero-order valence-corrected chi connectivity index (χ0v) is 13.8. The normalized spacial score (nSPS) is 12.0. The van der Waals surface area contributed by atoms with E-state index in [9.17, 15) is 4.79 Å². The van der Waals surface area contributed by atoms with Crippen molar-refractivity contribution in [3.05, 3.63) is 41.5 Å². The van der Waals surface area contributed by atoms with Crippen molar-refractivity contribution in [2.75, 3.05) is 12.4 Å². The quantitative estimate of drug-likeness (QED) is 0.850. The summed E-state index contributed by atoms with van der Waals surface area (Å²) in [6.45, 7) is 6.43. The van der Waals surface area contributed by atoms with Crippen LogP contribution in [0, 0.1) is 0 Å². The molecule has 7 heteroatoms. The number of anilines is 1. The highest BCUT2D eigenvalue weighted by Gasteiger charge is 2.15. The van der Waals surface area contributed by atoms with Crippen molar-refractivity contribution in [2.24, 2.45) is 0 Å². The summed E-state index contributed by atoms with van der Waals surface area (Å²) < 4.78 is 9.81. The Morgan fingerprint density at radius 1 is 1.26 bits per heavy atom. The molecule has 0 bridgehead atoms. The summed E-state index contributed by atoms with van der Waals surface area (Å²) in [5, 5.41) is 9.90. The number of ether oxygens (including phenoxy) is 1. The lowest BCUT2D eigenvalue weighted by atomic mass is 10.2. The third-order valence-electron chi connectivity index (χ3n) is 3.30. The zero-order valence-electron chi connectivity index (χ0n) is 13.8. The topological polar surface area (TPSA) is 89.3 Å². The molecule has 0 saturated heterocycles. The predicted molar refractivity (Wildman–Crippen MR) is 86.1 cm³/mol. The van der Waals surface area contributed by atoms with E-state index in [1.165, 1.54) is 7.11 Å². The number of benzene rings is 1. The molecule has 0 aliphatic rings. The second kappa shape index (κ2) is 7.62. The lowest BCUT2D eigenvalue weighted by Crippen LogP contribution is -2.22. The lowest BCUT2D eigenvalue weighted by molar-refractivity contribution is 0.170. The second-order valence-electron chi connectivity index (χ2n) is 5.55. The van der Waals surface area contributed by atoms with E-state index in [1.54, 1.807) is 0 Å². The van der Waals surface area contributed by atoms with Gasteiger partial charge in [-0.15, -0.1) is 0 Å². The molecule has 1 aromatic heterocycles. The van der Waals surface area contributed by atoms with Gasteiger partial charge in [-0.05, 0) is 24.6 Å². The Hall–Kier alpha value is -2.57. The van der Waals surface area contributed by atoms with E-state index in [1.807, 2.05) is 45.0 Å². The monoisotopic (exact) mass is 318 g/mol. The third-order valence-corrected chi connectivity index (χ3v) is 3.30. The molecule has 23 heavy (non-hydrogen) atoms. The number of alkyl carbamates (subject to hydrolysis) is 1. The first-order chi connectivity index (χ1) is 11.0. The van der Waals surface area contributed by atoms with Crippen LogP contribution in [0.25, 0.3) is 0 Å². The Kier molecular flexibility index (Phi) is 5.56. The molecular weight excluding hydrogens is 296 g/mol. The smallest absolute Gasteiger partial charge is 0.407 e. The van der Waals surface area contributed by atoms with E-state index in [-0.39, 0.29) is 12.0 Å². The van der Waals surface area contributed by atoms with Crippen LogP contribution < -0.4 is 10.6 Å². The van der Waals surface area contributed by atoms with Gasteiger partial charge in [0.05, 0.1) is 7.11 Å². The van der Waals surface area contributed by atoms with Crippen LogP contribution in [0.15, 0.2) is 28.8 Å². The number of nitrogens with zero attached hydrogens (tertiary/aromatic N) is 2. The molecule has 2 N–H and O–H groups in total. The number of carbonyl (C=O) groups is 1. The van der Waals surface area contributed by atoms with Gasteiger partial charge in [0.2, 0.25) is 5.89 Å². The summed E-state index contributed by atoms with van der Waals surface area (Å²) in [5.41, 5.74) is 1.91. The summed E-state index contributed by atoms with van der Waals surface area (Å²) in [6, 6.07) is 7.64. The minimum absolute atomic E-state index is 0.0888. The Morgan fingerprint density at radius 3 is 2.52 bits per heavy atom. The Bertz CT molecular complexity index is 637.